The van der Waals surface area contributed by atoms with Gasteiger partial charge in [-0.05, 0) is 36.2 Å². The highest BCUT2D eigenvalue weighted by Gasteiger charge is 2.32. The van der Waals surface area contributed by atoms with E-state index in [1.165, 1.54) is 6.07 Å². The van der Waals surface area contributed by atoms with Gasteiger partial charge in [0.15, 0.2) is 11.6 Å². The number of benzene rings is 1. The summed E-state index contributed by atoms with van der Waals surface area (Å²) >= 11 is 0. The summed E-state index contributed by atoms with van der Waals surface area (Å²) in [5, 5.41) is 0. The van der Waals surface area contributed by atoms with Crippen LogP contribution in [-0.4, -0.2) is 11.3 Å². The van der Waals surface area contributed by atoms with Crippen molar-refractivity contribution < 1.29 is 22.3 Å². The largest absolute Gasteiger partial charge is 0.573 e. The molecule has 0 aliphatic rings. The topological polar surface area (TPSA) is 48.1 Å². The summed E-state index contributed by atoms with van der Waals surface area (Å²) < 4.78 is 53.4. The standard InChI is InChI=1S/C14H12F4N2O/c1-8-3-2-6-20-13(8)12(19)9-4-5-11(10(15)7-9)21-14(16,17)18/h2-7,12H,19H2,1H3/t12-/m0/s1. The third-order valence-electron chi connectivity index (χ3n) is 2.89. The molecule has 1 atom stereocenters. The second-order valence-corrected chi connectivity index (χ2v) is 4.42. The molecule has 0 amide bonds. The molecular weight excluding hydrogens is 288 g/mol. The lowest BCUT2D eigenvalue weighted by atomic mass is 10.0. The number of hydrogen-bond donors (Lipinski definition) is 1. The van der Waals surface area contributed by atoms with Gasteiger partial charge in [0.25, 0.3) is 0 Å². The van der Waals surface area contributed by atoms with Crippen LogP contribution in [0.25, 0.3) is 0 Å². The van der Waals surface area contributed by atoms with Gasteiger partial charge < -0.3 is 10.5 Å². The summed E-state index contributed by atoms with van der Waals surface area (Å²) in [6, 6.07) is 5.88. The fraction of sp³-hybridized carbons (Fsp3) is 0.214. The van der Waals surface area contributed by atoms with Gasteiger partial charge in [0.1, 0.15) is 0 Å². The summed E-state index contributed by atoms with van der Waals surface area (Å²) in [6.45, 7) is 1.79. The molecule has 21 heavy (non-hydrogen) atoms. The average Bonchev–Trinajstić information content (AvgIpc) is 2.39. The molecule has 2 rings (SSSR count). The number of halogens is 4. The molecule has 0 unspecified atom stereocenters. The maximum absolute atomic E-state index is 13.7. The number of nitrogens with zero attached hydrogens (tertiary/aromatic N) is 1. The summed E-state index contributed by atoms with van der Waals surface area (Å²) in [4.78, 5) is 4.11. The number of ether oxygens (including phenoxy) is 1. The number of hydrogen-bond acceptors (Lipinski definition) is 3. The first-order valence-electron chi connectivity index (χ1n) is 6.00. The van der Waals surface area contributed by atoms with E-state index in [1.54, 1.807) is 25.3 Å². The second-order valence-electron chi connectivity index (χ2n) is 4.42. The first-order chi connectivity index (χ1) is 9.78. The molecule has 0 aliphatic carbocycles. The van der Waals surface area contributed by atoms with E-state index in [2.05, 4.69) is 9.72 Å². The second kappa shape index (κ2) is 5.69. The maximum Gasteiger partial charge on any atom is 0.573 e. The molecule has 1 aromatic heterocycles. The number of alkyl halides is 3. The van der Waals surface area contributed by atoms with E-state index in [1.807, 2.05) is 0 Å². The van der Waals surface area contributed by atoms with E-state index < -0.39 is 24.0 Å². The molecule has 0 fully saturated rings. The highest BCUT2D eigenvalue weighted by molar-refractivity contribution is 5.36. The van der Waals surface area contributed by atoms with Crippen LogP contribution in [0.5, 0.6) is 5.75 Å². The quantitative estimate of drug-likeness (QED) is 0.883. The van der Waals surface area contributed by atoms with Crippen molar-refractivity contribution in [2.45, 2.75) is 19.3 Å². The summed E-state index contributed by atoms with van der Waals surface area (Å²) in [7, 11) is 0. The van der Waals surface area contributed by atoms with E-state index in [0.717, 1.165) is 17.7 Å². The molecule has 1 heterocycles. The molecule has 112 valence electrons. The first kappa shape index (κ1) is 15.2. The van der Waals surface area contributed by atoms with Gasteiger partial charge in [0.2, 0.25) is 0 Å². The molecule has 0 saturated heterocycles. The van der Waals surface area contributed by atoms with Crippen LogP contribution in [0.3, 0.4) is 0 Å². The summed E-state index contributed by atoms with van der Waals surface area (Å²) in [6.07, 6.45) is -3.40. The molecule has 1 aromatic carbocycles. The number of aromatic nitrogens is 1. The van der Waals surface area contributed by atoms with Gasteiger partial charge in [-0.15, -0.1) is 13.2 Å². The van der Waals surface area contributed by atoms with Crippen LogP contribution in [0.4, 0.5) is 17.6 Å². The minimum atomic E-state index is -4.94. The Morgan fingerprint density at radius 2 is 1.95 bits per heavy atom. The summed E-state index contributed by atoms with van der Waals surface area (Å²) in [5.41, 5.74) is 7.62. The minimum Gasteiger partial charge on any atom is -0.403 e. The van der Waals surface area contributed by atoms with Crippen molar-refractivity contribution >= 4 is 0 Å². The van der Waals surface area contributed by atoms with Crippen LogP contribution in [0, 0.1) is 12.7 Å². The molecule has 0 radical (unpaired) electrons. The minimum absolute atomic E-state index is 0.309. The van der Waals surface area contributed by atoms with Crippen molar-refractivity contribution in [1.82, 2.24) is 4.98 Å². The highest BCUT2D eigenvalue weighted by Crippen LogP contribution is 2.29. The fourth-order valence-electron chi connectivity index (χ4n) is 1.90. The molecule has 0 bridgehead atoms. The molecule has 2 N–H and O–H groups in total. The molecule has 3 nitrogen and oxygen atoms in total. The molecule has 0 spiro atoms. The van der Waals surface area contributed by atoms with E-state index in [-0.39, 0.29) is 0 Å². The Balaban J connectivity index is 2.30. The zero-order valence-electron chi connectivity index (χ0n) is 11.0. The lowest BCUT2D eigenvalue weighted by Gasteiger charge is -2.15. The third-order valence-corrected chi connectivity index (χ3v) is 2.89. The van der Waals surface area contributed by atoms with E-state index in [9.17, 15) is 17.6 Å². The lowest BCUT2D eigenvalue weighted by Crippen LogP contribution is -2.19. The van der Waals surface area contributed by atoms with Crippen molar-refractivity contribution in [3.63, 3.8) is 0 Å². The molecule has 7 heteroatoms. The molecule has 0 saturated carbocycles. The monoisotopic (exact) mass is 300 g/mol. The Morgan fingerprint density at radius 3 is 2.52 bits per heavy atom. The zero-order chi connectivity index (χ0) is 15.6. The smallest absolute Gasteiger partial charge is 0.403 e. The van der Waals surface area contributed by atoms with Crippen molar-refractivity contribution in [1.29, 1.82) is 0 Å². The van der Waals surface area contributed by atoms with Crippen molar-refractivity contribution in [3.05, 3.63) is 59.2 Å². The Bertz CT molecular complexity index is 643. The number of nitrogens with two attached hydrogens (primary N) is 1. The van der Waals surface area contributed by atoms with Gasteiger partial charge in [-0.1, -0.05) is 12.1 Å². The van der Waals surface area contributed by atoms with Crippen LogP contribution in [0.15, 0.2) is 36.5 Å². The Hall–Kier alpha value is -2.15. The Morgan fingerprint density at radius 1 is 1.24 bits per heavy atom. The van der Waals surface area contributed by atoms with E-state index in [0.29, 0.717) is 11.3 Å². The Labute approximate surface area is 118 Å². The van der Waals surface area contributed by atoms with E-state index >= 15 is 0 Å². The number of rotatable bonds is 3. The van der Waals surface area contributed by atoms with Crippen molar-refractivity contribution in [2.24, 2.45) is 5.73 Å². The molecule has 0 aliphatic heterocycles. The van der Waals surface area contributed by atoms with Crippen molar-refractivity contribution in [3.8, 4) is 5.75 Å². The van der Waals surface area contributed by atoms with Gasteiger partial charge >= 0.3 is 6.36 Å². The van der Waals surface area contributed by atoms with Crippen LogP contribution in [-0.2, 0) is 0 Å². The average molecular weight is 300 g/mol. The van der Waals surface area contributed by atoms with Crippen molar-refractivity contribution in [2.75, 3.05) is 0 Å². The van der Waals surface area contributed by atoms with Gasteiger partial charge in [-0.2, -0.15) is 0 Å². The number of pyridine rings is 1. The third kappa shape index (κ3) is 3.69. The normalized spacial score (nSPS) is 13.0. The van der Waals surface area contributed by atoms with Crippen LogP contribution < -0.4 is 10.5 Å². The van der Waals surface area contributed by atoms with Gasteiger partial charge in [-0.3, -0.25) is 4.98 Å². The lowest BCUT2D eigenvalue weighted by molar-refractivity contribution is -0.275. The predicted molar refractivity (Wildman–Crippen MR) is 68.1 cm³/mol. The van der Waals surface area contributed by atoms with Gasteiger partial charge in [-0.25, -0.2) is 4.39 Å². The van der Waals surface area contributed by atoms with Crippen LogP contribution >= 0.6 is 0 Å². The Kier molecular flexibility index (Phi) is 4.13. The maximum atomic E-state index is 13.7. The van der Waals surface area contributed by atoms with Crippen LogP contribution in [0.1, 0.15) is 22.9 Å². The van der Waals surface area contributed by atoms with Crippen LogP contribution in [0.2, 0.25) is 0 Å². The summed E-state index contributed by atoms with van der Waals surface area (Å²) in [5.74, 6) is -2.02. The van der Waals surface area contributed by atoms with E-state index in [4.69, 9.17) is 5.73 Å². The molecule has 2 aromatic rings. The fourth-order valence-corrected chi connectivity index (χ4v) is 1.90. The predicted octanol–water partition coefficient (Wildman–Crippen LogP) is 3.48. The number of aryl methyl sites for hydroxylation is 1. The zero-order valence-corrected chi connectivity index (χ0v) is 11.0. The van der Waals surface area contributed by atoms with Gasteiger partial charge in [0.05, 0.1) is 11.7 Å². The molecular formula is C14H12F4N2O. The van der Waals surface area contributed by atoms with Gasteiger partial charge in [0, 0.05) is 6.20 Å². The highest BCUT2D eigenvalue weighted by atomic mass is 19.4. The first-order valence-corrected chi connectivity index (χ1v) is 6.00. The SMILES string of the molecule is Cc1cccnc1[C@@H](N)c1ccc(OC(F)(F)F)c(F)c1.